The van der Waals surface area contributed by atoms with Crippen molar-refractivity contribution in [1.29, 1.82) is 0 Å². The molecule has 0 aliphatic heterocycles. The van der Waals surface area contributed by atoms with E-state index in [0.717, 1.165) is 24.2 Å². The Balaban J connectivity index is 1.74. The van der Waals surface area contributed by atoms with E-state index in [1.807, 2.05) is 19.1 Å². The number of carboxylic acid groups (broad SMARTS) is 1. The number of fused-ring (bicyclic) bond motifs is 1. The van der Waals surface area contributed by atoms with Crippen LogP contribution in [0, 0.1) is 13.8 Å². The predicted octanol–water partition coefficient (Wildman–Crippen LogP) is 6.96. The fourth-order valence-corrected chi connectivity index (χ4v) is 5.10. The summed E-state index contributed by atoms with van der Waals surface area (Å²) in [7, 11) is 0. The highest BCUT2D eigenvalue weighted by Gasteiger charge is 2.37. The lowest BCUT2D eigenvalue weighted by Crippen LogP contribution is -2.34. The van der Waals surface area contributed by atoms with Gasteiger partial charge >= 0.3 is 5.97 Å². The summed E-state index contributed by atoms with van der Waals surface area (Å²) >= 11 is 0. The molecule has 0 spiro atoms. The van der Waals surface area contributed by atoms with Crippen molar-refractivity contribution < 1.29 is 9.90 Å². The molecule has 1 heterocycles. The summed E-state index contributed by atoms with van der Waals surface area (Å²) in [4.78, 5) is 11.2. The lowest BCUT2D eigenvalue weighted by molar-refractivity contribution is 0.0697. The molecule has 0 unspecified atom stereocenters. The Hall–Kier alpha value is -3.14. The number of nitrogens with zero attached hydrogens (tertiary/aromatic N) is 2. The van der Waals surface area contributed by atoms with Gasteiger partial charge < -0.3 is 5.11 Å². The fraction of sp³-hybridized carbons (Fsp3) is 0.400. The largest absolute Gasteiger partial charge is 0.478 e. The topological polar surface area (TPSA) is 55.1 Å². The first kappa shape index (κ1) is 24.0. The van der Waals surface area contributed by atoms with Gasteiger partial charge in [-0.1, -0.05) is 64.1 Å². The summed E-state index contributed by atoms with van der Waals surface area (Å²) in [6.07, 6.45) is 7.54. The molecule has 3 aromatic rings. The van der Waals surface area contributed by atoms with E-state index in [2.05, 4.69) is 74.8 Å². The number of carboxylic acids is 1. The van der Waals surface area contributed by atoms with Crippen molar-refractivity contribution in [2.75, 3.05) is 0 Å². The third kappa shape index (κ3) is 4.86. The molecule has 0 saturated carbocycles. The normalized spacial score (nSPS) is 16.5. The molecule has 0 saturated heterocycles. The summed E-state index contributed by atoms with van der Waals surface area (Å²) in [6, 6.07) is 14.0. The van der Waals surface area contributed by atoms with Gasteiger partial charge in [0, 0.05) is 12.2 Å². The number of hydrogen-bond donors (Lipinski definition) is 1. The van der Waals surface area contributed by atoms with E-state index in [0.29, 0.717) is 5.56 Å². The Morgan fingerprint density at radius 1 is 0.971 bits per heavy atom. The number of benzene rings is 2. The third-order valence-corrected chi connectivity index (χ3v) is 7.42. The molecule has 178 valence electrons. The second kappa shape index (κ2) is 8.90. The van der Waals surface area contributed by atoms with Crippen LogP contribution in [-0.2, 0) is 23.8 Å². The van der Waals surface area contributed by atoms with Crippen LogP contribution in [0.2, 0.25) is 0 Å². The van der Waals surface area contributed by atoms with Crippen molar-refractivity contribution >= 4 is 18.1 Å². The monoisotopic (exact) mass is 456 g/mol. The molecule has 4 nitrogen and oxygen atoms in total. The molecule has 1 aliphatic carbocycles. The maximum absolute atomic E-state index is 11.2. The minimum Gasteiger partial charge on any atom is -0.478 e. The number of aromatic nitrogens is 2. The molecule has 0 radical (unpaired) electrons. The van der Waals surface area contributed by atoms with Crippen molar-refractivity contribution in [2.24, 2.45) is 0 Å². The minimum atomic E-state index is -0.901. The first-order chi connectivity index (χ1) is 16.0. The quantitative estimate of drug-likeness (QED) is 0.408. The summed E-state index contributed by atoms with van der Waals surface area (Å²) in [5.41, 5.74) is 9.31. The third-order valence-electron chi connectivity index (χ3n) is 7.42. The molecule has 1 aliphatic rings. The maximum Gasteiger partial charge on any atom is 0.335 e. The summed E-state index contributed by atoms with van der Waals surface area (Å²) in [6.45, 7) is 14.4. The van der Waals surface area contributed by atoms with Crippen LogP contribution in [0.3, 0.4) is 0 Å². The number of aryl methyl sites for hydroxylation is 4. The lowest BCUT2D eigenvalue weighted by Gasteiger charge is -2.42. The SMILES string of the molecule is Cc1cc(C)n(CCc2cc3c(cc2C=Cc2ccc(C(=O)O)cc2)C(C)(C)CCC3(C)C)n1. The Morgan fingerprint density at radius 3 is 2.15 bits per heavy atom. The molecular weight excluding hydrogens is 420 g/mol. The summed E-state index contributed by atoms with van der Waals surface area (Å²) in [5.74, 6) is -0.901. The molecule has 0 atom stereocenters. The van der Waals surface area contributed by atoms with E-state index in [-0.39, 0.29) is 10.8 Å². The van der Waals surface area contributed by atoms with Gasteiger partial charge in [-0.3, -0.25) is 4.68 Å². The first-order valence-corrected chi connectivity index (χ1v) is 12.2. The van der Waals surface area contributed by atoms with Crippen LogP contribution < -0.4 is 0 Å². The van der Waals surface area contributed by atoms with Crippen LogP contribution in [0.1, 0.15) is 90.1 Å². The van der Waals surface area contributed by atoms with Crippen molar-refractivity contribution in [3.63, 3.8) is 0 Å². The van der Waals surface area contributed by atoms with Gasteiger partial charge in [-0.05, 0) is 90.0 Å². The zero-order valence-electron chi connectivity index (χ0n) is 21.3. The zero-order chi connectivity index (χ0) is 24.7. The second-order valence-electron chi connectivity index (χ2n) is 11.0. The maximum atomic E-state index is 11.2. The van der Waals surface area contributed by atoms with Crippen molar-refractivity contribution in [3.05, 3.63) is 87.2 Å². The van der Waals surface area contributed by atoms with E-state index in [9.17, 15) is 9.90 Å². The number of hydrogen-bond acceptors (Lipinski definition) is 2. The van der Waals surface area contributed by atoms with Crippen LogP contribution in [0.5, 0.6) is 0 Å². The molecule has 34 heavy (non-hydrogen) atoms. The van der Waals surface area contributed by atoms with Crippen LogP contribution in [0.4, 0.5) is 0 Å². The number of aromatic carboxylic acids is 1. The van der Waals surface area contributed by atoms with Crippen molar-refractivity contribution in [2.45, 2.75) is 78.2 Å². The Labute approximate surface area is 203 Å². The van der Waals surface area contributed by atoms with E-state index >= 15 is 0 Å². The smallest absolute Gasteiger partial charge is 0.335 e. The van der Waals surface area contributed by atoms with Crippen LogP contribution in [-0.4, -0.2) is 20.9 Å². The molecule has 0 fully saturated rings. The van der Waals surface area contributed by atoms with Gasteiger partial charge in [0.05, 0.1) is 11.3 Å². The fourth-order valence-electron chi connectivity index (χ4n) is 5.10. The molecule has 4 rings (SSSR count). The standard InChI is InChI=1S/C30H36N2O2/c1-20-17-21(2)32(31-20)16-13-25-19-27-26(29(3,4)14-15-30(27,5)6)18-24(25)12-9-22-7-10-23(11-8-22)28(33)34/h7-12,17-19H,13-16H2,1-6H3,(H,33,34). The van der Waals surface area contributed by atoms with Crippen molar-refractivity contribution in [3.8, 4) is 0 Å². The average molecular weight is 457 g/mol. The average Bonchev–Trinajstić information content (AvgIpc) is 3.11. The van der Waals surface area contributed by atoms with Crippen LogP contribution in [0.15, 0.2) is 42.5 Å². The highest BCUT2D eigenvalue weighted by Crippen LogP contribution is 2.46. The summed E-state index contributed by atoms with van der Waals surface area (Å²) < 4.78 is 2.10. The highest BCUT2D eigenvalue weighted by molar-refractivity contribution is 5.88. The Bertz CT molecular complexity index is 1240. The van der Waals surface area contributed by atoms with E-state index < -0.39 is 5.97 Å². The van der Waals surface area contributed by atoms with Gasteiger partial charge in [0.1, 0.15) is 0 Å². The molecule has 2 aromatic carbocycles. The van der Waals surface area contributed by atoms with Crippen LogP contribution >= 0.6 is 0 Å². The predicted molar refractivity (Wildman–Crippen MR) is 139 cm³/mol. The van der Waals surface area contributed by atoms with E-state index in [4.69, 9.17) is 0 Å². The minimum absolute atomic E-state index is 0.144. The molecule has 0 amide bonds. The van der Waals surface area contributed by atoms with E-state index in [1.165, 1.54) is 40.8 Å². The van der Waals surface area contributed by atoms with Gasteiger partial charge in [0.15, 0.2) is 0 Å². The van der Waals surface area contributed by atoms with Gasteiger partial charge in [0.2, 0.25) is 0 Å². The van der Waals surface area contributed by atoms with Gasteiger partial charge in [0.25, 0.3) is 0 Å². The molecule has 4 heteroatoms. The van der Waals surface area contributed by atoms with Gasteiger partial charge in [-0.15, -0.1) is 0 Å². The highest BCUT2D eigenvalue weighted by atomic mass is 16.4. The Kier molecular flexibility index (Phi) is 6.28. The van der Waals surface area contributed by atoms with Gasteiger partial charge in [-0.2, -0.15) is 5.10 Å². The van der Waals surface area contributed by atoms with Gasteiger partial charge in [-0.25, -0.2) is 4.79 Å². The molecule has 1 N–H and O–H groups in total. The number of carbonyl (C=O) groups is 1. The molecule has 1 aromatic heterocycles. The zero-order valence-corrected chi connectivity index (χ0v) is 21.3. The van der Waals surface area contributed by atoms with Crippen molar-refractivity contribution in [1.82, 2.24) is 9.78 Å². The molecule has 0 bridgehead atoms. The Morgan fingerprint density at radius 2 is 1.59 bits per heavy atom. The van der Waals surface area contributed by atoms with Crippen LogP contribution in [0.25, 0.3) is 12.2 Å². The number of rotatable bonds is 6. The van der Waals surface area contributed by atoms with E-state index in [1.54, 1.807) is 12.1 Å². The summed E-state index contributed by atoms with van der Waals surface area (Å²) in [5, 5.41) is 13.8. The first-order valence-electron chi connectivity index (χ1n) is 12.2. The molecular formula is C30H36N2O2. The lowest BCUT2D eigenvalue weighted by atomic mass is 9.62. The second-order valence-corrected chi connectivity index (χ2v) is 11.0.